The van der Waals surface area contributed by atoms with Gasteiger partial charge in [0.05, 0.1) is 29.4 Å². The summed E-state index contributed by atoms with van der Waals surface area (Å²) in [6.45, 7) is 6.29. The first-order valence-corrected chi connectivity index (χ1v) is 10.5. The molecule has 162 valence electrons. The average Bonchev–Trinajstić information content (AvgIpc) is 3.08. The lowest BCUT2D eigenvalue weighted by molar-refractivity contribution is -0.137. The maximum atomic E-state index is 13.1. The van der Waals surface area contributed by atoms with Crippen LogP contribution < -0.4 is 0 Å². The molecular weight excluding hydrogens is 403 g/mol. The van der Waals surface area contributed by atoms with Crippen LogP contribution in [0.15, 0.2) is 29.4 Å². The molecule has 5 rings (SSSR count). The lowest BCUT2D eigenvalue weighted by Gasteiger charge is -2.40. The number of rotatable bonds is 2. The second kappa shape index (κ2) is 6.61. The largest absolute Gasteiger partial charge is 0.417 e. The third-order valence-electron chi connectivity index (χ3n) is 6.55. The molecule has 5 nitrogen and oxygen atoms in total. The lowest BCUT2D eigenvalue weighted by atomic mass is 9.65. The highest BCUT2D eigenvalue weighted by atomic mass is 19.4. The molecule has 1 fully saturated rings. The Bertz CT molecular complexity index is 1230. The van der Waals surface area contributed by atoms with Crippen molar-refractivity contribution in [1.29, 1.82) is 0 Å². The summed E-state index contributed by atoms with van der Waals surface area (Å²) in [5, 5.41) is 0. The summed E-state index contributed by atoms with van der Waals surface area (Å²) in [5.41, 5.74) is 1.57. The Morgan fingerprint density at radius 1 is 1.16 bits per heavy atom. The SMILES string of the molecule is [2H]C1=Nc2ccc(C3(c4nc5cc(C(F)(F)F)cnc5[nH]4)CCC3)nc2CC1C(C)(C)C. The molecule has 1 aliphatic heterocycles. The van der Waals surface area contributed by atoms with Gasteiger partial charge in [-0.15, -0.1) is 0 Å². The topological polar surface area (TPSA) is 66.8 Å². The molecule has 1 N–H and O–H groups in total. The predicted molar refractivity (Wildman–Crippen MR) is 113 cm³/mol. The lowest BCUT2D eigenvalue weighted by Crippen LogP contribution is -2.38. The molecule has 0 saturated heterocycles. The molecule has 1 aliphatic carbocycles. The van der Waals surface area contributed by atoms with Gasteiger partial charge in [0.1, 0.15) is 11.3 Å². The molecule has 3 aromatic rings. The number of imidazole rings is 1. The first-order valence-electron chi connectivity index (χ1n) is 11.0. The van der Waals surface area contributed by atoms with Gasteiger partial charge in [-0.05, 0) is 36.5 Å². The maximum absolute atomic E-state index is 13.1. The predicted octanol–water partition coefficient (Wildman–Crippen LogP) is 5.76. The van der Waals surface area contributed by atoms with E-state index in [1.54, 1.807) is 0 Å². The summed E-state index contributed by atoms with van der Waals surface area (Å²) in [5.74, 6) is 0.581. The van der Waals surface area contributed by atoms with Gasteiger partial charge in [0.25, 0.3) is 0 Å². The molecule has 4 heterocycles. The van der Waals surface area contributed by atoms with Crippen molar-refractivity contribution in [2.45, 2.75) is 58.0 Å². The van der Waals surface area contributed by atoms with E-state index >= 15 is 0 Å². The van der Waals surface area contributed by atoms with Gasteiger partial charge in [-0.2, -0.15) is 13.2 Å². The third-order valence-corrected chi connectivity index (χ3v) is 6.55. The number of pyridine rings is 2. The first kappa shape index (κ1) is 19.0. The zero-order valence-corrected chi connectivity index (χ0v) is 17.6. The summed E-state index contributed by atoms with van der Waals surface area (Å²) >= 11 is 0. The molecule has 2 aliphatic rings. The third kappa shape index (κ3) is 3.32. The summed E-state index contributed by atoms with van der Waals surface area (Å²) in [4.78, 5) is 21.1. The molecule has 1 saturated carbocycles. The van der Waals surface area contributed by atoms with E-state index in [4.69, 9.17) is 6.35 Å². The molecule has 0 aromatic carbocycles. The normalized spacial score (nSPS) is 21.3. The van der Waals surface area contributed by atoms with E-state index in [0.717, 1.165) is 48.6 Å². The van der Waals surface area contributed by atoms with Crippen LogP contribution in [0.3, 0.4) is 0 Å². The van der Waals surface area contributed by atoms with Crippen molar-refractivity contribution < 1.29 is 14.5 Å². The Morgan fingerprint density at radius 2 is 1.94 bits per heavy atom. The van der Waals surface area contributed by atoms with Crippen molar-refractivity contribution in [1.82, 2.24) is 19.9 Å². The van der Waals surface area contributed by atoms with Crippen molar-refractivity contribution in [3.63, 3.8) is 0 Å². The van der Waals surface area contributed by atoms with E-state index in [1.807, 2.05) is 12.1 Å². The Labute approximate surface area is 179 Å². The molecule has 8 heteroatoms. The zero-order valence-electron chi connectivity index (χ0n) is 18.6. The second-order valence-electron chi connectivity index (χ2n) is 9.64. The second-order valence-corrected chi connectivity index (χ2v) is 9.64. The van der Waals surface area contributed by atoms with Crippen molar-refractivity contribution in [2.24, 2.45) is 16.3 Å². The molecule has 1 unspecified atom stereocenters. The van der Waals surface area contributed by atoms with Gasteiger partial charge >= 0.3 is 6.18 Å². The van der Waals surface area contributed by atoms with Crippen LogP contribution in [0.4, 0.5) is 18.9 Å². The van der Waals surface area contributed by atoms with E-state index in [0.29, 0.717) is 24.1 Å². The van der Waals surface area contributed by atoms with Gasteiger partial charge in [0.2, 0.25) is 0 Å². The van der Waals surface area contributed by atoms with Crippen molar-refractivity contribution in [2.75, 3.05) is 0 Å². The average molecular weight is 428 g/mol. The monoisotopic (exact) mass is 428 g/mol. The van der Waals surface area contributed by atoms with Crippen LogP contribution in [0.5, 0.6) is 0 Å². The van der Waals surface area contributed by atoms with E-state index in [-0.39, 0.29) is 16.8 Å². The van der Waals surface area contributed by atoms with Crippen LogP contribution in [0.25, 0.3) is 11.2 Å². The summed E-state index contributed by atoms with van der Waals surface area (Å²) in [7, 11) is 0. The number of hydrogen-bond donors (Lipinski definition) is 1. The standard InChI is InChI=1S/C23H24F3N5/c1-21(2,3)13-9-16-15(27-11-13)5-6-18(29-16)22(7-4-8-22)20-30-17-10-14(23(24,25)26)12-28-19(17)31-20/h5-6,10-13H,4,7-9H2,1-3H3,(H,28,30,31)/i11D. The number of hydrogen-bond acceptors (Lipinski definition) is 4. The van der Waals surface area contributed by atoms with E-state index in [9.17, 15) is 13.2 Å². The number of H-pyrrole nitrogens is 1. The number of halogens is 3. The number of alkyl halides is 3. The maximum Gasteiger partial charge on any atom is 0.417 e. The minimum absolute atomic E-state index is 0.0220. The van der Waals surface area contributed by atoms with Gasteiger partial charge < -0.3 is 4.98 Å². The highest BCUT2D eigenvalue weighted by Crippen LogP contribution is 2.48. The highest BCUT2D eigenvalue weighted by molar-refractivity contribution is 5.73. The number of aliphatic imine (C=N–C) groups is 1. The highest BCUT2D eigenvalue weighted by Gasteiger charge is 2.45. The van der Waals surface area contributed by atoms with Gasteiger partial charge in [-0.3, -0.25) is 9.98 Å². The van der Waals surface area contributed by atoms with Crippen LogP contribution in [-0.4, -0.2) is 26.1 Å². The summed E-state index contributed by atoms with van der Waals surface area (Å²) in [6.07, 6.45) is -0.0197. The summed E-state index contributed by atoms with van der Waals surface area (Å²) in [6, 6.07) is 4.84. The minimum Gasteiger partial charge on any atom is -0.326 e. The van der Waals surface area contributed by atoms with Gasteiger partial charge in [-0.1, -0.05) is 27.2 Å². The minimum atomic E-state index is -4.46. The van der Waals surface area contributed by atoms with Gasteiger partial charge in [0.15, 0.2) is 5.65 Å². The molecule has 3 aromatic heterocycles. The van der Waals surface area contributed by atoms with Crippen molar-refractivity contribution >= 4 is 23.0 Å². The Kier molecular flexibility index (Phi) is 4.04. The number of fused-ring (bicyclic) bond motifs is 2. The number of aromatic amines is 1. The fraction of sp³-hybridized carbons (Fsp3) is 0.478. The quantitative estimate of drug-likeness (QED) is 0.564. The van der Waals surface area contributed by atoms with Gasteiger partial charge in [0, 0.05) is 24.7 Å². The van der Waals surface area contributed by atoms with E-state index < -0.39 is 17.2 Å². The van der Waals surface area contributed by atoms with Crippen LogP contribution in [-0.2, 0) is 18.0 Å². The first-order chi connectivity index (χ1) is 15.0. The summed E-state index contributed by atoms with van der Waals surface area (Å²) < 4.78 is 47.6. The number of nitrogens with one attached hydrogen (secondary N) is 1. The number of nitrogens with zero attached hydrogens (tertiary/aromatic N) is 4. The smallest absolute Gasteiger partial charge is 0.326 e. The molecule has 0 bridgehead atoms. The Hall–Kier alpha value is -2.77. The van der Waals surface area contributed by atoms with Crippen LogP contribution in [0.2, 0.25) is 0 Å². The van der Waals surface area contributed by atoms with Gasteiger partial charge in [-0.25, -0.2) is 9.97 Å². The van der Waals surface area contributed by atoms with Crippen molar-refractivity contribution in [3.8, 4) is 0 Å². The molecule has 0 radical (unpaired) electrons. The van der Waals surface area contributed by atoms with E-state index in [2.05, 4.69) is 40.7 Å². The molecule has 31 heavy (non-hydrogen) atoms. The molecule has 0 amide bonds. The molecule has 1 atom stereocenters. The molecule has 0 spiro atoms. The van der Waals surface area contributed by atoms with Crippen LogP contribution in [0.1, 0.15) is 64.2 Å². The van der Waals surface area contributed by atoms with E-state index in [1.165, 1.54) is 0 Å². The molecular formula is C23H24F3N5. The Morgan fingerprint density at radius 3 is 2.58 bits per heavy atom. The van der Waals surface area contributed by atoms with Crippen molar-refractivity contribution in [3.05, 3.63) is 47.2 Å². The van der Waals surface area contributed by atoms with Crippen LogP contribution >= 0.6 is 0 Å². The van der Waals surface area contributed by atoms with Crippen LogP contribution in [0, 0.1) is 11.3 Å². The fourth-order valence-electron chi connectivity index (χ4n) is 4.32. The fourth-order valence-corrected chi connectivity index (χ4v) is 4.32. The number of aromatic nitrogens is 4. The Balaban J connectivity index is 1.56. The zero-order chi connectivity index (χ0) is 22.9.